The van der Waals surface area contributed by atoms with E-state index in [9.17, 15) is 5.11 Å². The van der Waals surface area contributed by atoms with Crippen molar-refractivity contribution in [3.05, 3.63) is 131 Å². The first-order chi connectivity index (χ1) is 17.1. The molecule has 1 aliphatic heterocycles. The van der Waals surface area contributed by atoms with Crippen LogP contribution in [-0.2, 0) is 23.3 Å². The summed E-state index contributed by atoms with van der Waals surface area (Å²) in [4.78, 5) is 2.37. The minimum atomic E-state index is -1.20. The van der Waals surface area contributed by atoms with Crippen LogP contribution < -0.4 is 0 Å². The molecule has 0 radical (unpaired) electrons. The summed E-state index contributed by atoms with van der Waals surface area (Å²) >= 11 is 6.57. The third-order valence-corrected chi connectivity index (χ3v) is 7.18. The zero-order valence-corrected chi connectivity index (χ0v) is 20.4. The van der Waals surface area contributed by atoms with E-state index in [1.54, 1.807) is 0 Å². The zero-order chi connectivity index (χ0) is 24.1. The molecule has 5 rings (SSSR count). The fourth-order valence-corrected chi connectivity index (χ4v) is 5.25. The van der Waals surface area contributed by atoms with E-state index in [1.165, 1.54) is 5.56 Å². The van der Waals surface area contributed by atoms with Gasteiger partial charge in [-0.1, -0.05) is 115 Å². The van der Waals surface area contributed by atoms with Crippen LogP contribution in [0.3, 0.4) is 0 Å². The van der Waals surface area contributed by atoms with Crippen LogP contribution in [0, 0.1) is 0 Å². The van der Waals surface area contributed by atoms with Crippen molar-refractivity contribution in [2.45, 2.75) is 24.7 Å². The van der Waals surface area contributed by atoms with Crippen molar-refractivity contribution in [3.8, 4) is 11.1 Å². The molecule has 0 saturated carbocycles. The normalized spacial score (nSPS) is 18.2. The maximum atomic E-state index is 12.4. The van der Waals surface area contributed by atoms with E-state index < -0.39 is 5.60 Å². The molecule has 35 heavy (non-hydrogen) atoms. The lowest BCUT2D eigenvalue weighted by Crippen LogP contribution is -2.53. The second-order valence-corrected chi connectivity index (χ2v) is 9.59. The van der Waals surface area contributed by atoms with Crippen LogP contribution in [0.5, 0.6) is 0 Å². The van der Waals surface area contributed by atoms with E-state index in [2.05, 4.69) is 41.3 Å². The summed E-state index contributed by atoms with van der Waals surface area (Å²) < 4.78 is 6.29. The highest BCUT2D eigenvalue weighted by molar-refractivity contribution is 6.33. The monoisotopic (exact) mass is 483 g/mol. The van der Waals surface area contributed by atoms with Crippen molar-refractivity contribution in [2.24, 2.45) is 0 Å². The summed E-state index contributed by atoms with van der Waals surface area (Å²) in [5, 5.41) is 13.1. The van der Waals surface area contributed by atoms with E-state index in [0.29, 0.717) is 24.6 Å². The molecule has 4 heteroatoms. The quantitative estimate of drug-likeness (QED) is 0.333. The summed E-state index contributed by atoms with van der Waals surface area (Å²) in [7, 11) is 0. The third kappa shape index (κ3) is 5.34. The minimum Gasteiger partial charge on any atom is -0.382 e. The molecular weight excluding hydrogens is 454 g/mol. The lowest BCUT2D eigenvalue weighted by Gasteiger charge is -2.43. The van der Waals surface area contributed by atoms with E-state index in [-0.39, 0.29) is 6.10 Å². The lowest BCUT2D eigenvalue weighted by molar-refractivity contribution is -0.149. The van der Waals surface area contributed by atoms with Crippen LogP contribution in [0.2, 0.25) is 5.02 Å². The van der Waals surface area contributed by atoms with E-state index in [4.69, 9.17) is 16.3 Å². The number of morpholine rings is 1. The van der Waals surface area contributed by atoms with E-state index >= 15 is 0 Å². The summed E-state index contributed by atoms with van der Waals surface area (Å²) in [6, 6.07) is 36.4. The van der Waals surface area contributed by atoms with E-state index in [0.717, 1.165) is 35.3 Å². The van der Waals surface area contributed by atoms with Gasteiger partial charge in [0, 0.05) is 36.6 Å². The standard InChI is InChI=1S/C31H30ClNO2/c32-29-18-10-9-17-28(29)27-16-8-7-13-25(27)21-31(34,26-14-5-2-6-15-26)30-23-33(19-20-35-30)22-24-11-3-1-4-12-24/h1-18,30,34H,19-23H2. The highest BCUT2D eigenvalue weighted by Crippen LogP contribution is 2.38. The topological polar surface area (TPSA) is 32.7 Å². The van der Waals surface area contributed by atoms with Crippen molar-refractivity contribution >= 4 is 11.6 Å². The number of nitrogens with zero attached hydrogens (tertiary/aromatic N) is 1. The van der Waals surface area contributed by atoms with Crippen molar-refractivity contribution < 1.29 is 9.84 Å². The molecule has 0 spiro atoms. The largest absolute Gasteiger partial charge is 0.382 e. The molecular formula is C31H30ClNO2. The molecule has 1 heterocycles. The second kappa shape index (κ2) is 10.8. The van der Waals surface area contributed by atoms with E-state index in [1.807, 2.05) is 72.8 Å². The SMILES string of the molecule is OC(Cc1ccccc1-c1ccccc1Cl)(c1ccccc1)C1CN(Cc2ccccc2)CCO1. The maximum absolute atomic E-state index is 12.4. The van der Waals surface area contributed by atoms with Gasteiger partial charge in [0.15, 0.2) is 0 Å². The number of hydrogen-bond acceptors (Lipinski definition) is 3. The Labute approximate surface area is 212 Å². The van der Waals surface area contributed by atoms with Crippen LogP contribution in [0.1, 0.15) is 16.7 Å². The van der Waals surface area contributed by atoms with Gasteiger partial charge in [0.2, 0.25) is 0 Å². The lowest BCUT2D eigenvalue weighted by atomic mass is 9.80. The van der Waals surface area contributed by atoms with Gasteiger partial charge in [-0.15, -0.1) is 0 Å². The molecule has 2 unspecified atom stereocenters. The van der Waals surface area contributed by atoms with Crippen LogP contribution in [0.4, 0.5) is 0 Å². The Morgan fingerprint density at radius 1 is 0.800 bits per heavy atom. The minimum absolute atomic E-state index is 0.373. The van der Waals surface area contributed by atoms with Crippen LogP contribution in [0.15, 0.2) is 109 Å². The smallest absolute Gasteiger partial charge is 0.121 e. The van der Waals surface area contributed by atoms with Crippen LogP contribution in [-0.4, -0.2) is 35.8 Å². The third-order valence-electron chi connectivity index (χ3n) is 6.85. The maximum Gasteiger partial charge on any atom is 0.121 e. The number of halogens is 1. The van der Waals surface area contributed by atoms with Gasteiger partial charge < -0.3 is 9.84 Å². The average Bonchev–Trinajstić information content (AvgIpc) is 2.91. The fraction of sp³-hybridized carbons (Fsp3) is 0.226. The molecule has 0 aromatic heterocycles. The highest BCUT2D eigenvalue weighted by atomic mass is 35.5. The molecule has 1 saturated heterocycles. The Morgan fingerprint density at radius 2 is 1.43 bits per heavy atom. The molecule has 0 aliphatic carbocycles. The number of hydrogen-bond donors (Lipinski definition) is 1. The summed E-state index contributed by atoms with van der Waals surface area (Å²) in [5.41, 5.74) is 3.96. The Bertz CT molecular complexity index is 1250. The molecule has 0 amide bonds. The van der Waals surface area contributed by atoms with Crippen molar-refractivity contribution in [2.75, 3.05) is 19.7 Å². The van der Waals surface area contributed by atoms with Crippen molar-refractivity contribution in [1.82, 2.24) is 4.90 Å². The molecule has 1 aliphatic rings. The van der Waals surface area contributed by atoms with Crippen molar-refractivity contribution in [1.29, 1.82) is 0 Å². The summed E-state index contributed by atoms with van der Waals surface area (Å²) in [5.74, 6) is 0. The van der Waals surface area contributed by atoms with Gasteiger partial charge >= 0.3 is 0 Å². The number of rotatable bonds is 7. The number of aliphatic hydroxyl groups is 1. The van der Waals surface area contributed by atoms with Crippen LogP contribution >= 0.6 is 11.6 Å². The molecule has 178 valence electrons. The number of benzene rings is 4. The van der Waals surface area contributed by atoms with Crippen LogP contribution in [0.25, 0.3) is 11.1 Å². The molecule has 1 N–H and O–H groups in total. The van der Waals surface area contributed by atoms with Gasteiger partial charge in [-0.05, 0) is 28.3 Å². The highest BCUT2D eigenvalue weighted by Gasteiger charge is 2.42. The first-order valence-electron chi connectivity index (χ1n) is 12.1. The Hall–Kier alpha value is -2.95. The van der Waals surface area contributed by atoms with Gasteiger partial charge in [-0.3, -0.25) is 4.90 Å². The Balaban J connectivity index is 1.49. The van der Waals surface area contributed by atoms with Gasteiger partial charge in [-0.25, -0.2) is 0 Å². The van der Waals surface area contributed by atoms with Gasteiger partial charge in [0.1, 0.15) is 11.7 Å². The average molecular weight is 484 g/mol. The van der Waals surface area contributed by atoms with Gasteiger partial charge in [-0.2, -0.15) is 0 Å². The molecule has 1 fully saturated rings. The van der Waals surface area contributed by atoms with Gasteiger partial charge in [0.05, 0.1) is 6.61 Å². The molecule has 2 atom stereocenters. The Kier molecular flexibility index (Phi) is 7.31. The zero-order valence-electron chi connectivity index (χ0n) is 19.7. The summed E-state index contributed by atoms with van der Waals surface area (Å²) in [6.07, 6.45) is 0.0454. The molecule has 4 aromatic carbocycles. The number of ether oxygens (including phenoxy) is 1. The first-order valence-corrected chi connectivity index (χ1v) is 12.5. The first kappa shape index (κ1) is 23.8. The molecule has 3 nitrogen and oxygen atoms in total. The van der Waals surface area contributed by atoms with Crippen molar-refractivity contribution in [3.63, 3.8) is 0 Å². The Morgan fingerprint density at radius 3 is 2.17 bits per heavy atom. The molecule has 0 bridgehead atoms. The van der Waals surface area contributed by atoms with Gasteiger partial charge in [0.25, 0.3) is 0 Å². The molecule has 4 aromatic rings. The second-order valence-electron chi connectivity index (χ2n) is 9.18. The predicted octanol–water partition coefficient (Wildman–Crippen LogP) is 6.34. The fourth-order valence-electron chi connectivity index (χ4n) is 5.01. The summed E-state index contributed by atoms with van der Waals surface area (Å²) in [6.45, 7) is 2.90. The predicted molar refractivity (Wildman–Crippen MR) is 142 cm³/mol.